The molecule has 0 saturated carbocycles. The second kappa shape index (κ2) is 5.21. The first-order valence-corrected chi connectivity index (χ1v) is 6.28. The molecule has 0 aliphatic heterocycles. The molecule has 0 atom stereocenters. The highest BCUT2D eigenvalue weighted by Gasteiger charge is 2.06. The highest BCUT2D eigenvalue weighted by Crippen LogP contribution is 1.99. The van der Waals surface area contributed by atoms with Crippen molar-refractivity contribution < 1.29 is 0 Å². The molecule has 0 aliphatic carbocycles. The third kappa shape index (κ3) is 2.43. The predicted molar refractivity (Wildman–Crippen MR) is 70.1 cm³/mol. The van der Waals surface area contributed by atoms with Crippen LogP contribution < -0.4 is 10.9 Å². The normalized spacial score (nSPS) is 11.2. The van der Waals surface area contributed by atoms with Gasteiger partial charge in [-0.2, -0.15) is 4.52 Å². The molecule has 3 aromatic rings. The van der Waals surface area contributed by atoms with Crippen molar-refractivity contribution in [2.45, 2.75) is 20.0 Å². The van der Waals surface area contributed by atoms with Gasteiger partial charge in [-0.05, 0) is 6.54 Å². The van der Waals surface area contributed by atoms with Crippen molar-refractivity contribution in [3.05, 3.63) is 40.3 Å². The number of H-pyrrole nitrogens is 1. The second-order valence-corrected chi connectivity index (χ2v) is 4.30. The molecular formula is C11H14N8O. The third-order valence-corrected chi connectivity index (χ3v) is 2.79. The Hall–Kier alpha value is -2.55. The molecule has 0 unspecified atom stereocenters. The van der Waals surface area contributed by atoms with E-state index < -0.39 is 0 Å². The van der Waals surface area contributed by atoms with Crippen molar-refractivity contribution in [3.8, 4) is 0 Å². The molecule has 2 N–H and O–H groups in total. The van der Waals surface area contributed by atoms with Gasteiger partial charge in [0.15, 0.2) is 0 Å². The van der Waals surface area contributed by atoms with E-state index in [1.807, 2.05) is 13.1 Å². The Morgan fingerprint density at radius 3 is 3.15 bits per heavy atom. The molecular weight excluding hydrogens is 260 g/mol. The maximum absolute atomic E-state index is 11.8. The summed E-state index contributed by atoms with van der Waals surface area (Å²) in [7, 11) is 0. The monoisotopic (exact) mass is 274 g/mol. The first-order valence-electron chi connectivity index (χ1n) is 6.28. The Morgan fingerprint density at radius 2 is 2.30 bits per heavy atom. The number of hydrogen-bond donors (Lipinski definition) is 2. The van der Waals surface area contributed by atoms with E-state index in [0.717, 1.165) is 12.2 Å². The van der Waals surface area contributed by atoms with E-state index >= 15 is 0 Å². The minimum Gasteiger partial charge on any atom is -0.311 e. The first-order chi connectivity index (χ1) is 9.76. The number of aromatic nitrogens is 7. The van der Waals surface area contributed by atoms with Crippen molar-refractivity contribution in [2.24, 2.45) is 0 Å². The lowest BCUT2D eigenvalue weighted by Crippen LogP contribution is -2.17. The van der Waals surface area contributed by atoms with Crippen LogP contribution in [0.5, 0.6) is 0 Å². The SMILES string of the molecule is CCNCc1cn(Cc2cc(=O)n3[nH]cnc3n2)nn1. The minimum atomic E-state index is -0.199. The minimum absolute atomic E-state index is 0.199. The van der Waals surface area contributed by atoms with Gasteiger partial charge in [0, 0.05) is 12.6 Å². The lowest BCUT2D eigenvalue weighted by molar-refractivity contribution is 0.635. The van der Waals surface area contributed by atoms with Crippen molar-refractivity contribution in [3.63, 3.8) is 0 Å². The second-order valence-electron chi connectivity index (χ2n) is 4.30. The lowest BCUT2D eigenvalue weighted by Gasteiger charge is -2.00. The number of nitrogens with zero attached hydrogens (tertiary/aromatic N) is 6. The topological polar surface area (TPSA) is 106 Å². The molecule has 0 aromatic carbocycles. The van der Waals surface area contributed by atoms with Gasteiger partial charge < -0.3 is 5.32 Å². The summed E-state index contributed by atoms with van der Waals surface area (Å²) in [5.41, 5.74) is 1.25. The van der Waals surface area contributed by atoms with Gasteiger partial charge in [0.2, 0.25) is 0 Å². The van der Waals surface area contributed by atoms with Gasteiger partial charge >= 0.3 is 0 Å². The summed E-state index contributed by atoms with van der Waals surface area (Å²) < 4.78 is 2.93. The molecule has 3 heterocycles. The molecule has 0 bridgehead atoms. The van der Waals surface area contributed by atoms with Crippen LogP contribution >= 0.6 is 0 Å². The third-order valence-electron chi connectivity index (χ3n) is 2.79. The molecule has 0 radical (unpaired) electrons. The van der Waals surface area contributed by atoms with E-state index in [4.69, 9.17) is 0 Å². The zero-order chi connectivity index (χ0) is 13.9. The van der Waals surface area contributed by atoms with Crippen molar-refractivity contribution >= 4 is 5.78 Å². The van der Waals surface area contributed by atoms with Crippen LogP contribution in [0, 0.1) is 0 Å². The smallest absolute Gasteiger partial charge is 0.274 e. The molecule has 0 aliphatic rings. The molecule has 9 nitrogen and oxygen atoms in total. The molecule has 0 amide bonds. The summed E-state index contributed by atoms with van der Waals surface area (Å²) >= 11 is 0. The van der Waals surface area contributed by atoms with Crippen LogP contribution in [-0.4, -0.2) is 41.1 Å². The largest absolute Gasteiger partial charge is 0.311 e. The number of fused-ring (bicyclic) bond motifs is 1. The molecule has 9 heteroatoms. The Balaban J connectivity index is 1.81. The molecule has 20 heavy (non-hydrogen) atoms. The van der Waals surface area contributed by atoms with E-state index in [1.165, 1.54) is 16.9 Å². The van der Waals surface area contributed by atoms with E-state index in [-0.39, 0.29) is 5.56 Å². The summed E-state index contributed by atoms with van der Waals surface area (Å²) in [4.78, 5) is 20.0. The Labute approximate surface area is 113 Å². The van der Waals surface area contributed by atoms with Crippen LogP contribution in [0.15, 0.2) is 23.4 Å². The highest BCUT2D eigenvalue weighted by atomic mass is 16.1. The summed E-state index contributed by atoms with van der Waals surface area (Å²) in [5, 5.41) is 13.9. The summed E-state index contributed by atoms with van der Waals surface area (Å²) in [5.74, 6) is 0.348. The van der Waals surface area contributed by atoms with Gasteiger partial charge in [-0.3, -0.25) is 9.89 Å². The number of aromatic amines is 1. The Kier molecular flexibility index (Phi) is 3.25. The Morgan fingerprint density at radius 1 is 1.40 bits per heavy atom. The lowest BCUT2D eigenvalue weighted by atomic mass is 10.4. The van der Waals surface area contributed by atoms with E-state index in [2.05, 4.69) is 30.7 Å². The Bertz CT molecular complexity index is 770. The van der Waals surface area contributed by atoms with Crippen LogP contribution in [0.3, 0.4) is 0 Å². The van der Waals surface area contributed by atoms with Crippen LogP contribution in [0.4, 0.5) is 0 Å². The van der Waals surface area contributed by atoms with Gasteiger partial charge in [-0.1, -0.05) is 12.1 Å². The molecule has 0 spiro atoms. The quantitative estimate of drug-likeness (QED) is 0.629. The van der Waals surface area contributed by atoms with Gasteiger partial charge in [0.05, 0.1) is 24.1 Å². The summed E-state index contributed by atoms with van der Waals surface area (Å²) in [6.45, 7) is 3.96. The molecule has 0 saturated heterocycles. The predicted octanol–water partition coefficient (Wildman–Crippen LogP) is -0.833. The zero-order valence-electron chi connectivity index (χ0n) is 10.9. The number of nitrogens with one attached hydrogen (secondary N) is 2. The van der Waals surface area contributed by atoms with E-state index in [1.54, 1.807) is 4.68 Å². The highest BCUT2D eigenvalue weighted by molar-refractivity contribution is 5.26. The standard InChI is InChI=1S/C11H14N8O/c1-2-12-4-9-6-18(17-16-9)5-8-3-10(20)19-11(15-8)13-7-14-19/h3,6-7,12H,2,4-5H2,1H3,(H,13,14,15). The maximum atomic E-state index is 11.8. The van der Waals surface area contributed by atoms with Gasteiger partial charge in [-0.15, -0.1) is 5.10 Å². The average molecular weight is 274 g/mol. The van der Waals surface area contributed by atoms with E-state index in [9.17, 15) is 4.79 Å². The van der Waals surface area contributed by atoms with Gasteiger partial charge in [-0.25, -0.2) is 14.6 Å². The summed E-state index contributed by atoms with van der Waals surface area (Å²) in [6.07, 6.45) is 3.26. The van der Waals surface area contributed by atoms with Crippen molar-refractivity contribution in [1.82, 2.24) is 39.9 Å². The molecule has 0 fully saturated rings. The molecule has 3 aromatic heterocycles. The number of rotatable bonds is 5. The van der Waals surface area contributed by atoms with Crippen LogP contribution in [0.25, 0.3) is 5.78 Å². The fraction of sp³-hybridized carbons (Fsp3) is 0.364. The molecule has 3 rings (SSSR count). The van der Waals surface area contributed by atoms with Crippen molar-refractivity contribution in [1.29, 1.82) is 0 Å². The van der Waals surface area contributed by atoms with Crippen LogP contribution in [0.1, 0.15) is 18.3 Å². The summed E-state index contributed by atoms with van der Waals surface area (Å²) in [6, 6.07) is 1.46. The van der Waals surface area contributed by atoms with E-state index in [0.29, 0.717) is 24.6 Å². The number of hydrogen-bond acceptors (Lipinski definition) is 6. The first kappa shape index (κ1) is 12.5. The molecule has 104 valence electrons. The maximum Gasteiger partial charge on any atom is 0.274 e. The van der Waals surface area contributed by atoms with Crippen LogP contribution in [0.2, 0.25) is 0 Å². The van der Waals surface area contributed by atoms with Gasteiger partial charge in [0.1, 0.15) is 6.33 Å². The zero-order valence-corrected chi connectivity index (χ0v) is 10.9. The average Bonchev–Trinajstić information content (AvgIpc) is 3.05. The van der Waals surface area contributed by atoms with Crippen LogP contribution in [-0.2, 0) is 13.1 Å². The van der Waals surface area contributed by atoms with Gasteiger partial charge in [0.25, 0.3) is 11.3 Å². The fourth-order valence-corrected chi connectivity index (χ4v) is 1.87. The fourth-order valence-electron chi connectivity index (χ4n) is 1.87. The van der Waals surface area contributed by atoms with Crippen molar-refractivity contribution in [2.75, 3.05) is 6.54 Å².